The Bertz CT molecular complexity index is 429. The van der Waals surface area contributed by atoms with Gasteiger partial charge in [-0.05, 0) is 24.7 Å². The van der Waals surface area contributed by atoms with Crippen LogP contribution >= 0.6 is 11.3 Å². The highest BCUT2D eigenvalue weighted by molar-refractivity contribution is 7.13. The fourth-order valence-electron chi connectivity index (χ4n) is 2.12. The van der Waals surface area contributed by atoms with Crippen LogP contribution in [-0.2, 0) is 4.79 Å². The Hall–Kier alpha value is -1.14. The molecule has 1 unspecified atom stereocenters. The zero-order valence-corrected chi connectivity index (χ0v) is 11.3. The number of hydrogen-bond donors (Lipinski definition) is 3. The maximum Gasteiger partial charge on any atom is 0.326 e. The lowest BCUT2D eigenvalue weighted by atomic mass is 10.0. The lowest BCUT2D eigenvalue weighted by Gasteiger charge is -2.13. The first-order chi connectivity index (χ1) is 8.56. The molecule has 1 aliphatic carbocycles. The fourth-order valence-corrected chi connectivity index (χ4v) is 2.87. The number of nitrogens with two attached hydrogens (primary N) is 1. The molecule has 1 atom stereocenters. The molecule has 0 spiro atoms. The van der Waals surface area contributed by atoms with Crippen LogP contribution in [0.3, 0.4) is 0 Å². The number of aromatic nitrogens is 1. The molecule has 0 saturated heterocycles. The first-order valence-corrected chi connectivity index (χ1v) is 7.12. The third-order valence-electron chi connectivity index (χ3n) is 3.46. The molecule has 0 radical (unpaired) electrons. The molecule has 1 fully saturated rings. The molecule has 0 aromatic carbocycles. The zero-order valence-electron chi connectivity index (χ0n) is 10.5. The predicted octanol–water partition coefficient (Wildman–Crippen LogP) is 2.22. The summed E-state index contributed by atoms with van der Waals surface area (Å²) >= 11 is 1.42. The van der Waals surface area contributed by atoms with Crippen molar-refractivity contribution in [2.24, 2.45) is 11.1 Å². The van der Waals surface area contributed by atoms with Gasteiger partial charge in [0.25, 0.3) is 0 Å². The van der Waals surface area contributed by atoms with Gasteiger partial charge in [-0.1, -0.05) is 13.3 Å². The number of carboxylic acids is 1. The second kappa shape index (κ2) is 5.24. The lowest BCUT2D eigenvalue weighted by molar-refractivity contribution is -0.138. The van der Waals surface area contributed by atoms with Crippen molar-refractivity contribution in [1.82, 2.24) is 4.98 Å². The highest BCUT2D eigenvalue weighted by Crippen LogP contribution is 2.49. The van der Waals surface area contributed by atoms with Crippen molar-refractivity contribution in [3.63, 3.8) is 0 Å². The minimum Gasteiger partial charge on any atom is -0.480 e. The van der Waals surface area contributed by atoms with E-state index in [0.717, 1.165) is 11.7 Å². The number of thiazole rings is 1. The average molecular weight is 269 g/mol. The van der Waals surface area contributed by atoms with Crippen LogP contribution in [0.1, 0.15) is 44.3 Å². The number of rotatable bonds is 7. The molecule has 1 aliphatic rings. The van der Waals surface area contributed by atoms with Crippen molar-refractivity contribution in [2.75, 3.05) is 11.9 Å². The summed E-state index contributed by atoms with van der Waals surface area (Å²) in [4.78, 5) is 15.0. The average Bonchev–Trinajstić information content (AvgIpc) is 2.94. The van der Waals surface area contributed by atoms with Gasteiger partial charge in [-0.25, -0.2) is 4.98 Å². The largest absolute Gasteiger partial charge is 0.480 e. The summed E-state index contributed by atoms with van der Waals surface area (Å²) in [6.07, 6.45) is 5.00. The summed E-state index contributed by atoms with van der Waals surface area (Å²) in [5.41, 5.74) is 6.39. The summed E-state index contributed by atoms with van der Waals surface area (Å²) < 4.78 is 0. The zero-order chi connectivity index (χ0) is 13.2. The number of carboxylic acid groups (broad SMARTS) is 1. The molecule has 1 heterocycles. The number of carbonyl (C=O) groups is 1. The van der Waals surface area contributed by atoms with E-state index in [1.54, 1.807) is 5.38 Å². The number of anilines is 1. The number of aliphatic carboxylic acids is 1. The first kappa shape index (κ1) is 13.3. The van der Waals surface area contributed by atoms with Gasteiger partial charge in [-0.3, -0.25) is 4.79 Å². The maximum absolute atomic E-state index is 10.7. The van der Waals surface area contributed by atoms with Gasteiger partial charge in [-0.15, -0.1) is 11.3 Å². The summed E-state index contributed by atoms with van der Waals surface area (Å²) in [5, 5.41) is 14.6. The van der Waals surface area contributed by atoms with Crippen LogP contribution < -0.4 is 11.1 Å². The molecule has 0 amide bonds. The fraction of sp³-hybridized carbons (Fsp3) is 0.667. The second-order valence-electron chi connectivity index (χ2n) is 5.00. The van der Waals surface area contributed by atoms with E-state index in [-0.39, 0.29) is 0 Å². The smallest absolute Gasteiger partial charge is 0.326 e. The molecule has 100 valence electrons. The van der Waals surface area contributed by atoms with Crippen molar-refractivity contribution in [3.05, 3.63) is 11.1 Å². The maximum atomic E-state index is 10.7. The van der Waals surface area contributed by atoms with Crippen molar-refractivity contribution in [3.8, 4) is 0 Å². The highest BCUT2D eigenvalue weighted by Gasteiger charge is 2.41. The Balaban J connectivity index is 1.89. The predicted molar refractivity (Wildman–Crippen MR) is 71.7 cm³/mol. The van der Waals surface area contributed by atoms with Crippen molar-refractivity contribution < 1.29 is 9.90 Å². The van der Waals surface area contributed by atoms with Crippen molar-refractivity contribution in [1.29, 1.82) is 0 Å². The first-order valence-electron chi connectivity index (χ1n) is 6.24. The van der Waals surface area contributed by atoms with E-state index in [9.17, 15) is 4.79 Å². The third kappa shape index (κ3) is 3.00. The van der Waals surface area contributed by atoms with Gasteiger partial charge in [-0.2, -0.15) is 0 Å². The van der Waals surface area contributed by atoms with E-state index in [2.05, 4.69) is 17.2 Å². The van der Waals surface area contributed by atoms with Crippen LogP contribution in [0.5, 0.6) is 0 Å². The van der Waals surface area contributed by atoms with Gasteiger partial charge < -0.3 is 16.2 Å². The van der Waals surface area contributed by atoms with Gasteiger partial charge >= 0.3 is 5.97 Å². The van der Waals surface area contributed by atoms with Gasteiger partial charge in [0.15, 0.2) is 5.13 Å². The summed E-state index contributed by atoms with van der Waals surface area (Å²) in [6.45, 7) is 3.13. The number of nitrogens with one attached hydrogen (secondary N) is 1. The number of nitrogens with zero attached hydrogens (tertiary/aromatic N) is 1. The van der Waals surface area contributed by atoms with Crippen molar-refractivity contribution in [2.45, 2.75) is 38.6 Å². The van der Waals surface area contributed by atoms with Gasteiger partial charge in [0.05, 0.1) is 5.69 Å². The summed E-state index contributed by atoms with van der Waals surface area (Å²) in [5.74, 6) is -1.04. The van der Waals surface area contributed by atoms with E-state index in [1.807, 2.05) is 0 Å². The lowest BCUT2D eigenvalue weighted by Crippen LogP contribution is -2.21. The Labute approximate surface area is 110 Å². The van der Waals surface area contributed by atoms with Gasteiger partial charge in [0.1, 0.15) is 6.04 Å². The monoisotopic (exact) mass is 269 g/mol. The van der Waals surface area contributed by atoms with E-state index >= 15 is 0 Å². The molecular formula is C12H19N3O2S. The van der Waals surface area contributed by atoms with Crippen LogP contribution in [0.2, 0.25) is 0 Å². The molecule has 0 bridgehead atoms. The van der Waals surface area contributed by atoms with Crippen molar-refractivity contribution >= 4 is 22.4 Å². The molecule has 0 aliphatic heterocycles. The SMILES string of the molecule is CCCC1(CNc2nc(C(N)C(=O)O)cs2)CC1. The Kier molecular flexibility index (Phi) is 3.87. The Morgan fingerprint density at radius 1 is 1.72 bits per heavy atom. The molecular weight excluding hydrogens is 250 g/mol. The topological polar surface area (TPSA) is 88.2 Å². The molecule has 18 heavy (non-hydrogen) atoms. The van der Waals surface area contributed by atoms with Gasteiger partial charge in [0.2, 0.25) is 0 Å². The molecule has 6 heteroatoms. The minimum absolute atomic E-state index is 0.426. The van der Waals surface area contributed by atoms with E-state index < -0.39 is 12.0 Å². The molecule has 1 aromatic heterocycles. The summed E-state index contributed by atoms with van der Waals surface area (Å²) in [7, 11) is 0. The molecule has 4 N–H and O–H groups in total. The van der Waals surface area contributed by atoms with E-state index in [4.69, 9.17) is 10.8 Å². The molecule has 1 saturated carbocycles. The molecule has 2 rings (SSSR count). The van der Waals surface area contributed by atoms with Gasteiger partial charge in [0, 0.05) is 11.9 Å². The quantitative estimate of drug-likeness (QED) is 0.706. The Morgan fingerprint density at radius 2 is 2.44 bits per heavy atom. The molecule has 5 nitrogen and oxygen atoms in total. The standard InChI is InChI=1S/C12H19N3O2S/c1-2-3-12(4-5-12)7-14-11-15-8(6-18-11)9(13)10(16)17/h6,9H,2-5,7,13H2,1H3,(H,14,15)(H,16,17). The van der Waals surface area contributed by atoms with Crippen LogP contribution in [0.4, 0.5) is 5.13 Å². The molecule has 1 aromatic rings. The highest BCUT2D eigenvalue weighted by atomic mass is 32.1. The normalized spacial score (nSPS) is 18.3. The van der Waals surface area contributed by atoms with Crippen LogP contribution in [-0.4, -0.2) is 22.6 Å². The van der Waals surface area contributed by atoms with Crippen LogP contribution in [0.25, 0.3) is 0 Å². The minimum atomic E-state index is -1.04. The van der Waals surface area contributed by atoms with Crippen LogP contribution in [0.15, 0.2) is 5.38 Å². The Morgan fingerprint density at radius 3 is 3.00 bits per heavy atom. The van der Waals surface area contributed by atoms with E-state index in [1.165, 1.54) is 37.0 Å². The third-order valence-corrected chi connectivity index (χ3v) is 4.28. The number of hydrogen-bond acceptors (Lipinski definition) is 5. The summed E-state index contributed by atoms with van der Waals surface area (Å²) in [6, 6.07) is -1.03. The van der Waals surface area contributed by atoms with Crippen LogP contribution in [0, 0.1) is 5.41 Å². The second-order valence-corrected chi connectivity index (χ2v) is 5.86. The van der Waals surface area contributed by atoms with E-state index in [0.29, 0.717) is 11.1 Å².